The summed E-state index contributed by atoms with van der Waals surface area (Å²) in [6.07, 6.45) is 3.41. The summed E-state index contributed by atoms with van der Waals surface area (Å²) in [4.78, 5) is 29.2. The van der Waals surface area contributed by atoms with Gasteiger partial charge in [0.2, 0.25) is 5.89 Å². The third kappa shape index (κ3) is 2.67. The van der Waals surface area contributed by atoms with Crippen LogP contribution in [0.15, 0.2) is 35.2 Å². The molecule has 9 heteroatoms. The highest BCUT2D eigenvalue weighted by atomic mass is 19.1. The number of hydrogen-bond acceptors (Lipinski definition) is 7. The number of carbonyl (C=O) groups excluding carboxylic acids is 1. The number of oxazole rings is 1. The minimum absolute atomic E-state index is 0.0300. The predicted octanol–water partition coefficient (Wildman–Crippen LogP) is 2.30. The van der Waals surface area contributed by atoms with E-state index in [1.54, 1.807) is 25.3 Å². The van der Waals surface area contributed by atoms with Crippen LogP contribution in [0.4, 0.5) is 10.2 Å². The molecule has 2 unspecified atom stereocenters. The Balaban J connectivity index is 1.61. The Bertz CT molecular complexity index is 975. The standard InChI is InChI=1S/C17H15FN6O2/c1-8-12(17-21-5-6-26-17)24-15(19)14(22-8)16(25)23-11-7-10(18)9-3-2-4-20-13(9)11/h2-6,10-11H,7H2,1H3,(H2,19,24)(H,23,25). The number of nitrogens with one attached hydrogen (secondary N) is 1. The van der Waals surface area contributed by atoms with Crippen LogP contribution in [0, 0.1) is 6.92 Å². The van der Waals surface area contributed by atoms with E-state index in [-0.39, 0.29) is 23.8 Å². The number of nitrogen functional groups attached to an aromatic ring is 1. The normalized spacial score (nSPS) is 18.5. The molecule has 132 valence electrons. The fourth-order valence-corrected chi connectivity index (χ4v) is 3.03. The maximum atomic E-state index is 14.1. The number of pyridine rings is 1. The van der Waals surface area contributed by atoms with Crippen LogP contribution in [0.2, 0.25) is 0 Å². The zero-order chi connectivity index (χ0) is 18.3. The van der Waals surface area contributed by atoms with Crippen LogP contribution in [-0.2, 0) is 0 Å². The summed E-state index contributed by atoms with van der Waals surface area (Å²) in [6, 6.07) is 2.80. The lowest BCUT2D eigenvalue weighted by atomic mass is 10.2. The maximum absolute atomic E-state index is 14.1. The van der Waals surface area contributed by atoms with Gasteiger partial charge in [-0.25, -0.2) is 19.3 Å². The lowest BCUT2D eigenvalue weighted by Gasteiger charge is -2.14. The second-order valence-electron chi connectivity index (χ2n) is 5.94. The van der Waals surface area contributed by atoms with Crippen molar-refractivity contribution in [2.75, 3.05) is 5.73 Å². The number of rotatable bonds is 3. The van der Waals surface area contributed by atoms with Gasteiger partial charge in [-0.1, -0.05) is 6.07 Å². The van der Waals surface area contributed by atoms with E-state index in [0.29, 0.717) is 22.6 Å². The highest BCUT2D eigenvalue weighted by Gasteiger charge is 2.34. The van der Waals surface area contributed by atoms with Gasteiger partial charge in [-0.2, -0.15) is 0 Å². The number of carbonyl (C=O) groups is 1. The molecule has 4 rings (SSSR count). The number of amides is 1. The van der Waals surface area contributed by atoms with Gasteiger partial charge in [-0.3, -0.25) is 9.78 Å². The highest BCUT2D eigenvalue weighted by molar-refractivity contribution is 5.97. The van der Waals surface area contributed by atoms with E-state index in [4.69, 9.17) is 10.2 Å². The largest absolute Gasteiger partial charge is 0.443 e. The van der Waals surface area contributed by atoms with Crippen molar-refractivity contribution in [2.45, 2.75) is 25.6 Å². The van der Waals surface area contributed by atoms with Crippen LogP contribution < -0.4 is 11.1 Å². The Hall–Kier alpha value is -3.36. The second kappa shape index (κ2) is 6.17. The zero-order valence-electron chi connectivity index (χ0n) is 13.8. The first-order chi connectivity index (χ1) is 12.5. The van der Waals surface area contributed by atoms with Crippen molar-refractivity contribution < 1.29 is 13.6 Å². The Morgan fingerprint density at radius 3 is 2.96 bits per heavy atom. The first kappa shape index (κ1) is 16.1. The summed E-state index contributed by atoms with van der Waals surface area (Å²) < 4.78 is 19.3. The average molecular weight is 354 g/mol. The molecular formula is C17H15FN6O2. The zero-order valence-corrected chi connectivity index (χ0v) is 13.8. The van der Waals surface area contributed by atoms with Gasteiger partial charge in [-0.15, -0.1) is 0 Å². The predicted molar refractivity (Wildman–Crippen MR) is 89.6 cm³/mol. The molecule has 0 aromatic carbocycles. The smallest absolute Gasteiger partial charge is 0.274 e. The van der Waals surface area contributed by atoms with Gasteiger partial charge in [0.25, 0.3) is 5.91 Å². The van der Waals surface area contributed by atoms with Crippen molar-refractivity contribution in [2.24, 2.45) is 0 Å². The summed E-state index contributed by atoms with van der Waals surface area (Å²) in [7, 11) is 0. The van der Waals surface area contributed by atoms with E-state index in [2.05, 4.69) is 25.3 Å². The van der Waals surface area contributed by atoms with E-state index in [1.165, 1.54) is 12.5 Å². The third-order valence-corrected chi connectivity index (χ3v) is 4.23. The molecule has 0 fully saturated rings. The fraction of sp³-hybridized carbons (Fsp3) is 0.235. The van der Waals surface area contributed by atoms with E-state index >= 15 is 0 Å². The number of anilines is 1. The molecule has 3 aromatic heterocycles. The minimum atomic E-state index is -1.17. The van der Waals surface area contributed by atoms with Gasteiger partial charge in [-0.05, 0) is 13.0 Å². The molecule has 26 heavy (non-hydrogen) atoms. The van der Waals surface area contributed by atoms with E-state index < -0.39 is 18.1 Å². The van der Waals surface area contributed by atoms with Crippen LogP contribution in [0.1, 0.15) is 46.1 Å². The summed E-state index contributed by atoms with van der Waals surface area (Å²) in [5.41, 5.74) is 7.69. The van der Waals surface area contributed by atoms with Crippen molar-refractivity contribution in [3.05, 3.63) is 53.4 Å². The molecule has 0 spiro atoms. The van der Waals surface area contributed by atoms with Crippen LogP contribution in [0.5, 0.6) is 0 Å². The summed E-state index contributed by atoms with van der Waals surface area (Å²) in [6.45, 7) is 1.67. The van der Waals surface area contributed by atoms with E-state index in [1.807, 2.05) is 0 Å². The van der Waals surface area contributed by atoms with Gasteiger partial charge >= 0.3 is 0 Å². The Kier molecular flexibility index (Phi) is 3.83. The Morgan fingerprint density at radius 2 is 2.19 bits per heavy atom. The molecule has 1 aliphatic rings. The van der Waals surface area contributed by atoms with Crippen molar-refractivity contribution in [1.82, 2.24) is 25.3 Å². The highest BCUT2D eigenvalue weighted by Crippen LogP contribution is 2.39. The number of alkyl halides is 1. The van der Waals surface area contributed by atoms with Crippen molar-refractivity contribution in [1.29, 1.82) is 0 Å². The first-order valence-corrected chi connectivity index (χ1v) is 7.98. The quantitative estimate of drug-likeness (QED) is 0.740. The number of fused-ring (bicyclic) bond motifs is 1. The molecule has 1 aliphatic carbocycles. The molecule has 3 N–H and O–H groups in total. The van der Waals surface area contributed by atoms with Crippen LogP contribution in [0.3, 0.4) is 0 Å². The monoisotopic (exact) mass is 354 g/mol. The number of hydrogen-bond donors (Lipinski definition) is 2. The first-order valence-electron chi connectivity index (χ1n) is 7.98. The van der Waals surface area contributed by atoms with Gasteiger partial charge in [0.15, 0.2) is 11.5 Å². The number of aromatic nitrogens is 4. The van der Waals surface area contributed by atoms with Gasteiger partial charge in [0, 0.05) is 18.2 Å². The molecule has 0 bridgehead atoms. The summed E-state index contributed by atoms with van der Waals surface area (Å²) in [5.74, 6) is -0.326. The lowest BCUT2D eigenvalue weighted by molar-refractivity contribution is 0.0927. The Labute approximate surface area is 147 Å². The number of halogens is 1. The SMILES string of the molecule is Cc1nc(C(=O)NC2CC(F)c3cccnc32)c(N)nc1-c1ncco1. The number of aryl methyl sites for hydroxylation is 1. The van der Waals surface area contributed by atoms with Crippen LogP contribution in [-0.4, -0.2) is 25.8 Å². The van der Waals surface area contributed by atoms with E-state index in [0.717, 1.165) is 0 Å². The number of nitrogens with two attached hydrogens (primary N) is 1. The molecule has 0 saturated carbocycles. The van der Waals surface area contributed by atoms with Crippen molar-refractivity contribution in [3.63, 3.8) is 0 Å². The molecule has 0 radical (unpaired) electrons. The second-order valence-corrected chi connectivity index (χ2v) is 5.94. The summed E-state index contributed by atoms with van der Waals surface area (Å²) >= 11 is 0. The molecule has 2 atom stereocenters. The minimum Gasteiger partial charge on any atom is -0.443 e. The average Bonchev–Trinajstić information content (AvgIpc) is 3.26. The molecule has 3 heterocycles. The van der Waals surface area contributed by atoms with Crippen LogP contribution in [0.25, 0.3) is 11.6 Å². The van der Waals surface area contributed by atoms with Crippen molar-refractivity contribution >= 4 is 11.7 Å². The van der Waals surface area contributed by atoms with Gasteiger partial charge in [0.05, 0.1) is 23.6 Å². The third-order valence-electron chi connectivity index (χ3n) is 4.23. The fourth-order valence-electron chi connectivity index (χ4n) is 3.03. The molecular weight excluding hydrogens is 339 g/mol. The van der Waals surface area contributed by atoms with Crippen molar-refractivity contribution in [3.8, 4) is 11.6 Å². The molecule has 0 saturated heterocycles. The lowest BCUT2D eigenvalue weighted by Crippen LogP contribution is -2.29. The molecule has 1 amide bonds. The number of nitrogens with zero attached hydrogens (tertiary/aromatic N) is 4. The van der Waals surface area contributed by atoms with Gasteiger partial charge < -0.3 is 15.5 Å². The molecule has 0 aliphatic heterocycles. The topological polar surface area (TPSA) is 120 Å². The van der Waals surface area contributed by atoms with Gasteiger partial charge in [0.1, 0.15) is 18.1 Å². The maximum Gasteiger partial charge on any atom is 0.274 e. The Morgan fingerprint density at radius 1 is 1.35 bits per heavy atom. The van der Waals surface area contributed by atoms with E-state index in [9.17, 15) is 9.18 Å². The molecule has 8 nitrogen and oxygen atoms in total. The summed E-state index contributed by atoms with van der Waals surface area (Å²) in [5, 5.41) is 2.74. The molecule has 3 aromatic rings. The van der Waals surface area contributed by atoms with Crippen LogP contribution >= 0.6 is 0 Å².